The molecule has 2 N–H and O–H groups in total. The molecular formula is C16H12BrClN2O4. The fraction of sp³-hybridized carbons (Fsp3) is 0.125. The molecule has 2 aromatic carbocycles. The molecule has 0 atom stereocenters. The van der Waals surface area contributed by atoms with E-state index in [4.69, 9.17) is 21.1 Å². The maximum absolute atomic E-state index is 12.5. The van der Waals surface area contributed by atoms with Gasteiger partial charge in [0.2, 0.25) is 0 Å². The van der Waals surface area contributed by atoms with Gasteiger partial charge in [0.05, 0.1) is 29.1 Å². The lowest BCUT2D eigenvalue weighted by Gasteiger charge is -2.19. The minimum absolute atomic E-state index is 0.0799. The lowest BCUT2D eigenvalue weighted by Crippen LogP contribution is -2.25. The van der Waals surface area contributed by atoms with Gasteiger partial charge in [-0.25, -0.2) is 0 Å². The van der Waals surface area contributed by atoms with E-state index in [-0.39, 0.29) is 23.4 Å². The summed E-state index contributed by atoms with van der Waals surface area (Å²) in [6, 6.07) is 8.18. The SMILES string of the molecule is COc1ccc(Br)c(C(=O)Nc2cc3c(cc2Cl)NC(=O)CO3)c1. The van der Waals surface area contributed by atoms with Crippen molar-refractivity contribution in [2.45, 2.75) is 0 Å². The van der Waals surface area contributed by atoms with E-state index in [0.29, 0.717) is 32.9 Å². The van der Waals surface area contributed by atoms with Crippen molar-refractivity contribution in [2.75, 3.05) is 24.4 Å². The van der Waals surface area contributed by atoms with E-state index in [0.717, 1.165) is 0 Å². The maximum Gasteiger partial charge on any atom is 0.262 e. The molecule has 0 fully saturated rings. The first kappa shape index (κ1) is 16.6. The summed E-state index contributed by atoms with van der Waals surface area (Å²) >= 11 is 9.52. The summed E-state index contributed by atoms with van der Waals surface area (Å²) in [5.74, 6) is 0.392. The average Bonchev–Trinajstić information content (AvgIpc) is 2.56. The highest BCUT2D eigenvalue weighted by atomic mass is 79.9. The molecule has 0 saturated carbocycles. The van der Waals surface area contributed by atoms with Crippen molar-refractivity contribution in [3.05, 3.63) is 45.4 Å². The van der Waals surface area contributed by atoms with Crippen LogP contribution in [0.2, 0.25) is 5.02 Å². The van der Waals surface area contributed by atoms with Crippen molar-refractivity contribution in [1.29, 1.82) is 0 Å². The number of carbonyl (C=O) groups excluding carboxylic acids is 2. The summed E-state index contributed by atoms with van der Waals surface area (Å²) in [5.41, 5.74) is 1.25. The summed E-state index contributed by atoms with van der Waals surface area (Å²) in [4.78, 5) is 23.8. The van der Waals surface area contributed by atoms with Crippen molar-refractivity contribution in [1.82, 2.24) is 0 Å². The van der Waals surface area contributed by atoms with Crippen LogP contribution in [0, 0.1) is 0 Å². The molecule has 24 heavy (non-hydrogen) atoms. The van der Waals surface area contributed by atoms with Crippen LogP contribution < -0.4 is 20.1 Å². The van der Waals surface area contributed by atoms with Gasteiger partial charge in [0.1, 0.15) is 11.5 Å². The van der Waals surface area contributed by atoms with E-state index in [2.05, 4.69) is 26.6 Å². The fourth-order valence-electron chi connectivity index (χ4n) is 2.19. The van der Waals surface area contributed by atoms with Crippen molar-refractivity contribution >= 4 is 50.7 Å². The zero-order valence-electron chi connectivity index (χ0n) is 12.5. The van der Waals surface area contributed by atoms with Crippen molar-refractivity contribution < 1.29 is 19.1 Å². The van der Waals surface area contributed by atoms with Crippen LogP contribution in [-0.2, 0) is 4.79 Å². The standard InChI is InChI=1S/C16H12BrClN2O4/c1-23-8-2-3-10(17)9(4-8)16(22)20-12-6-14-13(5-11(12)18)19-15(21)7-24-14/h2-6H,7H2,1H3,(H,19,21)(H,20,22). The molecule has 2 amide bonds. The van der Waals surface area contributed by atoms with Crippen LogP contribution in [0.1, 0.15) is 10.4 Å². The van der Waals surface area contributed by atoms with Gasteiger partial charge in [0.15, 0.2) is 6.61 Å². The number of anilines is 2. The van der Waals surface area contributed by atoms with Gasteiger partial charge in [0, 0.05) is 10.5 Å². The highest BCUT2D eigenvalue weighted by Gasteiger charge is 2.20. The first-order valence-electron chi connectivity index (χ1n) is 6.89. The third-order valence-electron chi connectivity index (χ3n) is 3.37. The number of halogens is 2. The number of nitrogens with one attached hydrogen (secondary N) is 2. The molecule has 0 bridgehead atoms. The van der Waals surface area contributed by atoms with E-state index < -0.39 is 0 Å². The largest absolute Gasteiger partial charge is 0.497 e. The smallest absolute Gasteiger partial charge is 0.262 e. The summed E-state index contributed by atoms with van der Waals surface area (Å²) in [5, 5.41) is 5.67. The highest BCUT2D eigenvalue weighted by Crippen LogP contribution is 2.36. The molecule has 0 unspecified atom stereocenters. The molecule has 124 valence electrons. The number of carbonyl (C=O) groups is 2. The molecular weight excluding hydrogens is 400 g/mol. The minimum Gasteiger partial charge on any atom is -0.497 e. The normalized spacial score (nSPS) is 12.7. The number of ether oxygens (including phenoxy) is 2. The average molecular weight is 412 g/mol. The van der Waals surface area contributed by atoms with Gasteiger partial charge in [0.25, 0.3) is 11.8 Å². The molecule has 1 aliphatic rings. The molecule has 0 saturated heterocycles. The summed E-state index contributed by atoms with van der Waals surface area (Å²) in [6.45, 7) is -0.0799. The summed E-state index contributed by atoms with van der Waals surface area (Å²) in [6.07, 6.45) is 0. The third kappa shape index (κ3) is 3.32. The van der Waals surface area contributed by atoms with Crippen molar-refractivity contribution in [2.24, 2.45) is 0 Å². The first-order valence-corrected chi connectivity index (χ1v) is 8.06. The molecule has 0 spiro atoms. The maximum atomic E-state index is 12.5. The Morgan fingerprint density at radius 2 is 2.17 bits per heavy atom. The summed E-state index contributed by atoms with van der Waals surface area (Å²) < 4.78 is 11.1. The molecule has 1 aliphatic heterocycles. The Morgan fingerprint density at radius 1 is 1.38 bits per heavy atom. The second-order valence-electron chi connectivity index (χ2n) is 4.96. The Hall–Kier alpha value is -2.25. The minimum atomic E-state index is -0.359. The van der Waals surface area contributed by atoms with Crippen LogP contribution in [0.25, 0.3) is 0 Å². The molecule has 0 aromatic heterocycles. The number of rotatable bonds is 3. The molecule has 3 rings (SSSR count). The highest BCUT2D eigenvalue weighted by molar-refractivity contribution is 9.10. The molecule has 0 aliphatic carbocycles. The van der Waals surface area contributed by atoms with Crippen LogP contribution in [0.3, 0.4) is 0 Å². The number of hydrogen-bond acceptors (Lipinski definition) is 4. The second-order valence-corrected chi connectivity index (χ2v) is 6.23. The van der Waals surface area contributed by atoms with Crippen LogP contribution in [-0.4, -0.2) is 25.5 Å². The predicted molar refractivity (Wildman–Crippen MR) is 94.2 cm³/mol. The first-order chi connectivity index (χ1) is 11.5. The number of hydrogen-bond donors (Lipinski definition) is 2. The number of amides is 2. The van der Waals surface area contributed by atoms with E-state index in [1.807, 2.05) is 0 Å². The quantitative estimate of drug-likeness (QED) is 0.807. The van der Waals surface area contributed by atoms with Gasteiger partial charge in [-0.05, 0) is 40.2 Å². The van der Waals surface area contributed by atoms with Crippen molar-refractivity contribution in [3.8, 4) is 11.5 Å². The van der Waals surface area contributed by atoms with Crippen LogP contribution in [0.15, 0.2) is 34.8 Å². The van der Waals surface area contributed by atoms with E-state index in [9.17, 15) is 9.59 Å². The lowest BCUT2D eigenvalue weighted by atomic mass is 10.2. The number of benzene rings is 2. The Balaban J connectivity index is 1.89. The topological polar surface area (TPSA) is 76.7 Å². The van der Waals surface area contributed by atoms with Crippen LogP contribution in [0.4, 0.5) is 11.4 Å². The number of fused-ring (bicyclic) bond motifs is 1. The number of methoxy groups -OCH3 is 1. The molecule has 1 heterocycles. The molecule has 2 aromatic rings. The van der Waals surface area contributed by atoms with Gasteiger partial charge in [-0.2, -0.15) is 0 Å². The van der Waals surface area contributed by atoms with E-state index in [1.165, 1.54) is 13.2 Å². The van der Waals surface area contributed by atoms with Gasteiger partial charge in [-0.15, -0.1) is 0 Å². The second kappa shape index (κ2) is 6.70. The van der Waals surface area contributed by atoms with Gasteiger partial charge < -0.3 is 20.1 Å². The van der Waals surface area contributed by atoms with Crippen LogP contribution in [0.5, 0.6) is 11.5 Å². The van der Waals surface area contributed by atoms with Gasteiger partial charge in [-0.3, -0.25) is 9.59 Å². The zero-order valence-corrected chi connectivity index (χ0v) is 14.8. The van der Waals surface area contributed by atoms with Crippen molar-refractivity contribution in [3.63, 3.8) is 0 Å². The Bertz CT molecular complexity index is 841. The van der Waals surface area contributed by atoms with E-state index in [1.54, 1.807) is 24.3 Å². The van der Waals surface area contributed by atoms with Gasteiger partial charge in [-0.1, -0.05) is 11.6 Å². The predicted octanol–water partition coefficient (Wildman–Crippen LogP) is 3.69. The monoisotopic (exact) mass is 410 g/mol. The molecule has 0 radical (unpaired) electrons. The Labute approximate surface area is 151 Å². The summed E-state index contributed by atoms with van der Waals surface area (Å²) in [7, 11) is 1.52. The Morgan fingerprint density at radius 3 is 2.92 bits per heavy atom. The zero-order chi connectivity index (χ0) is 17.3. The lowest BCUT2D eigenvalue weighted by molar-refractivity contribution is -0.118. The van der Waals surface area contributed by atoms with Gasteiger partial charge >= 0.3 is 0 Å². The third-order valence-corrected chi connectivity index (χ3v) is 4.37. The fourth-order valence-corrected chi connectivity index (χ4v) is 2.83. The Kier molecular flexibility index (Phi) is 4.64. The van der Waals surface area contributed by atoms with E-state index >= 15 is 0 Å². The van der Waals surface area contributed by atoms with Crippen LogP contribution >= 0.6 is 27.5 Å². The molecule has 6 nitrogen and oxygen atoms in total. The molecule has 8 heteroatoms.